The molecule has 0 spiro atoms. The van der Waals surface area contributed by atoms with Crippen molar-refractivity contribution in [1.82, 2.24) is 10.2 Å². The van der Waals surface area contributed by atoms with E-state index in [1.807, 2.05) is 0 Å². The molecule has 2 fully saturated rings. The summed E-state index contributed by atoms with van der Waals surface area (Å²) in [4.78, 5) is 16.1. The van der Waals surface area contributed by atoms with E-state index in [-0.39, 0.29) is 0 Å². The Labute approximate surface area is 145 Å². The van der Waals surface area contributed by atoms with Gasteiger partial charge in [-0.05, 0) is 62.9 Å². The molecule has 2 unspecified atom stereocenters. The fraction of sp³-hybridized carbons (Fsp3) is 0.588. The third-order valence-electron chi connectivity index (χ3n) is 4.75. The number of rotatable bonds is 3. The van der Waals surface area contributed by atoms with Gasteiger partial charge in [0.1, 0.15) is 0 Å². The van der Waals surface area contributed by atoms with Crippen molar-refractivity contribution in [2.45, 2.75) is 50.1 Å². The van der Waals surface area contributed by atoms with Gasteiger partial charge >= 0.3 is 0 Å². The number of halogens is 1. The normalized spacial score (nSPS) is 24.4. The summed E-state index contributed by atoms with van der Waals surface area (Å²) in [6, 6.07) is 5.19. The maximum absolute atomic E-state index is 12.7. The van der Waals surface area contributed by atoms with Crippen molar-refractivity contribution < 1.29 is 4.79 Å². The number of nitrogens with zero attached hydrogens (tertiary/aromatic N) is 1. The second-order valence-corrected chi connectivity index (χ2v) is 8.21. The van der Waals surface area contributed by atoms with Crippen LogP contribution in [0.2, 0.25) is 0 Å². The van der Waals surface area contributed by atoms with E-state index < -0.39 is 0 Å². The van der Waals surface area contributed by atoms with Crippen LogP contribution >= 0.6 is 27.7 Å². The summed E-state index contributed by atoms with van der Waals surface area (Å²) in [5.41, 5.74) is 2.45. The van der Waals surface area contributed by atoms with Gasteiger partial charge < -0.3 is 10.2 Å². The number of thioether (sulfide) groups is 1. The topological polar surface area (TPSA) is 32.3 Å². The Kier molecular flexibility index (Phi) is 5.15. The minimum Gasteiger partial charge on any atom is -0.335 e. The Hall–Kier alpha value is -0.520. The summed E-state index contributed by atoms with van der Waals surface area (Å²) in [5.74, 6) is 0.857. The summed E-state index contributed by atoms with van der Waals surface area (Å²) in [7, 11) is 0. The summed E-state index contributed by atoms with van der Waals surface area (Å²) >= 11 is 5.24. The van der Waals surface area contributed by atoms with E-state index in [0.29, 0.717) is 23.7 Å². The molecule has 2 bridgehead atoms. The Morgan fingerprint density at radius 2 is 2.05 bits per heavy atom. The molecule has 1 amide bonds. The summed E-state index contributed by atoms with van der Waals surface area (Å²) in [6.45, 7) is 6.21. The molecule has 2 aliphatic rings. The van der Waals surface area contributed by atoms with Crippen molar-refractivity contribution in [2.75, 3.05) is 18.8 Å². The molecule has 2 saturated heterocycles. The van der Waals surface area contributed by atoms with Gasteiger partial charge in [0.15, 0.2) is 0 Å². The van der Waals surface area contributed by atoms with Crippen LogP contribution in [0.1, 0.15) is 30.4 Å². The molecular formula is C17H23BrN2OS. The zero-order chi connectivity index (χ0) is 15.7. The second kappa shape index (κ2) is 6.93. The first-order chi connectivity index (χ1) is 10.6. The maximum atomic E-state index is 12.7. The average molecular weight is 383 g/mol. The largest absolute Gasteiger partial charge is 0.335 e. The van der Waals surface area contributed by atoms with Crippen molar-refractivity contribution in [3.8, 4) is 0 Å². The average Bonchev–Trinajstić information content (AvgIpc) is 2.74. The quantitative estimate of drug-likeness (QED) is 0.811. The van der Waals surface area contributed by atoms with Crippen LogP contribution in [0.15, 0.2) is 21.5 Å². The van der Waals surface area contributed by atoms with Gasteiger partial charge in [0.25, 0.3) is 0 Å². The van der Waals surface area contributed by atoms with Gasteiger partial charge in [-0.1, -0.05) is 15.9 Å². The minimum absolute atomic E-state index is 0.307. The number of nitrogens with one attached hydrogen (secondary N) is 1. The molecule has 0 aromatic heterocycles. The van der Waals surface area contributed by atoms with Crippen LogP contribution in [-0.4, -0.2) is 41.7 Å². The Bertz CT molecular complexity index is 564. The molecule has 120 valence electrons. The molecule has 0 radical (unpaired) electrons. The lowest BCUT2D eigenvalue weighted by Gasteiger charge is -2.28. The van der Waals surface area contributed by atoms with Crippen LogP contribution < -0.4 is 5.32 Å². The van der Waals surface area contributed by atoms with Crippen LogP contribution in [0.25, 0.3) is 0 Å². The number of aryl methyl sites for hydroxylation is 2. The molecule has 3 rings (SSSR count). The Morgan fingerprint density at radius 1 is 1.27 bits per heavy atom. The van der Waals surface area contributed by atoms with Gasteiger partial charge in [-0.2, -0.15) is 0 Å². The monoisotopic (exact) mass is 382 g/mol. The zero-order valence-corrected chi connectivity index (χ0v) is 15.6. The predicted octanol–water partition coefficient (Wildman–Crippen LogP) is 3.51. The number of fused-ring (bicyclic) bond motifs is 2. The minimum atomic E-state index is 0.307. The number of hydrogen-bond acceptors (Lipinski definition) is 3. The van der Waals surface area contributed by atoms with Crippen LogP contribution in [0.5, 0.6) is 0 Å². The van der Waals surface area contributed by atoms with Crippen molar-refractivity contribution in [3.63, 3.8) is 0 Å². The van der Waals surface area contributed by atoms with Crippen molar-refractivity contribution in [2.24, 2.45) is 0 Å². The van der Waals surface area contributed by atoms with Crippen molar-refractivity contribution in [3.05, 3.63) is 27.7 Å². The predicted molar refractivity (Wildman–Crippen MR) is 95.5 cm³/mol. The number of hydrogen-bond donors (Lipinski definition) is 1. The molecule has 0 aliphatic carbocycles. The van der Waals surface area contributed by atoms with Crippen molar-refractivity contribution in [1.29, 1.82) is 0 Å². The standard InChI is InChI=1S/C17H23BrN2OS/c1-11-8-16(12(2)7-15(11)18)22-10-17(21)20-13-3-4-14(20)9-19-6-5-13/h7-8,13-14,19H,3-6,9-10H2,1-2H3. The first-order valence-electron chi connectivity index (χ1n) is 7.97. The van der Waals surface area contributed by atoms with E-state index in [2.05, 4.69) is 52.1 Å². The third-order valence-corrected chi connectivity index (χ3v) is 6.75. The first kappa shape index (κ1) is 16.3. The summed E-state index contributed by atoms with van der Waals surface area (Å²) in [5, 5.41) is 3.45. The summed E-state index contributed by atoms with van der Waals surface area (Å²) < 4.78 is 1.14. The summed E-state index contributed by atoms with van der Waals surface area (Å²) in [6.07, 6.45) is 3.44. The molecule has 2 aliphatic heterocycles. The van der Waals surface area contributed by atoms with Crippen LogP contribution in [0, 0.1) is 13.8 Å². The molecule has 3 nitrogen and oxygen atoms in total. The lowest BCUT2D eigenvalue weighted by molar-refractivity contribution is -0.130. The highest BCUT2D eigenvalue weighted by atomic mass is 79.9. The van der Waals surface area contributed by atoms with Gasteiger partial charge in [0, 0.05) is 28.0 Å². The highest BCUT2D eigenvalue weighted by molar-refractivity contribution is 9.10. The smallest absolute Gasteiger partial charge is 0.233 e. The van der Waals surface area contributed by atoms with Gasteiger partial charge in [-0.25, -0.2) is 0 Å². The molecule has 0 saturated carbocycles. The molecule has 5 heteroatoms. The SMILES string of the molecule is Cc1cc(SCC(=O)N2C3CCNCC2CC3)c(C)cc1Br. The molecule has 1 aromatic rings. The fourth-order valence-electron chi connectivity index (χ4n) is 3.51. The molecule has 2 heterocycles. The molecule has 2 atom stereocenters. The Balaban J connectivity index is 1.66. The first-order valence-corrected chi connectivity index (χ1v) is 9.75. The van der Waals surface area contributed by atoms with Crippen LogP contribution in [0.4, 0.5) is 0 Å². The van der Waals surface area contributed by atoms with Crippen LogP contribution in [0.3, 0.4) is 0 Å². The van der Waals surface area contributed by atoms with Crippen molar-refractivity contribution >= 4 is 33.6 Å². The molecule has 1 aromatic carbocycles. The van der Waals surface area contributed by atoms with E-state index in [1.165, 1.54) is 22.4 Å². The molecule has 22 heavy (non-hydrogen) atoms. The van der Waals surface area contributed by atoms with Gasteiger partial charge in [0.05, 0.1) is 5.75 Å². The maximum Gasteiger partial charge on any atom is 0.233 e. The lowest BCUT2D eigenvalue weighted by atomic mass is 10.1. The Morgan fingerprint density at radius 3 is 2.86 bits per heavy atom. The van der Waals surface area contributed by atoms with Gasteiger partial charge in [-0.15, -0.1) is 11.8 Å². The zero-order valence-electron chi connectivity index (χ0n) is 13.2. The number of carbonyl (C=O) groups excluding carboxylic acids is 1. The number of amides is 1. The van der Waals surface area contributed by atoms with E-state index in [4.69, 9.17) is 0 Å². The molecular weight excluding hydrogens is 360 g/mol. The second-order valence-electron chi connectivity index (χ2n) is 6.33. The third kappa shape index (κ3) is 3.36. The lowest BCUT2D eigenvalue weighted by Crippen LogP contribution is -2.43. The number of benzene rings is 1. The van der Waals surface area contributed by atoms with Crippen LogP contribution in [-0.2, 0) is 4.79 Å². The van der Waals surface area contributed by atoms with Gasteiger partial charge in [-0.3, -0.25) is 4.79 Å². The fourth-order valence-corrected chi connectivity index (χ4v) is 4.95. The van der Waals surface area contributed by atoms with Gasteiger partial charge in [0.2, 0.25) is 5.91 Å². The van der Waals surface area contributed by atoms with E-state index in [9.17, 15) is 4.79 Å². The number of carbonyl (C=O) groups is 1. The highest BCUT2D eigenvalue weighted by Crippen LogP contribution is 2.31. The van der Waals surface area contributed by atoms with E-state index in [0.717, 1.165) is 30.4 Å². The molecule has 1 N–H and O–H groups in total. The van der Waals surface area contributed by atoms with E-state index >= 15 is 0 Å². The van der Waals surface area contributed by atoms with E-state index in [1.54, 1.807) is 11.8 Å². The highest BCUT2D eigenvalue weighted by Gasteiger charge is 2.37.